The van der Waals surface area contributed by atoms with Crippen LogP contribution in [0.5, 0.6) is 0 Å². The molecule has 0 N–H and O–H groups in total. The van der Waals surface area contributed by atoms with Crippen LogP contribution in [0.25, 0.3) is 11.5 Å². The van der Waals surface area contributed by atoms with Crippen molar-refractivity contribution in [1.29, 1.82) is 0 Å². The van der Waals surface area contributed by atoms with Gasteiger partial charge in [-0.3, -0.25) is 4.79 Å². The maximum atomic E-state index is 13.8. The molecule has 6 heteroatoms. The number of aryl methyl sites for hydroxylation is 1. The fourth-order valence-electron chi connectivity index (χ4n) is 3.00. The van der Waals surface area contributed by atoms with Crippen LogP contribution >= 0.6 is 0 Å². The number of aromatic nitrogens is 2. The summed E-state index contributed by atoms with van der Waals surface area (Å²) in [7, 11) is 0. The number of rotatable bonds is 3. The Morgan fingerprint density at radius 2 is 1.88 bits per heavy atom. The lowest BCUT2D eigenvalue weighted by Crippen LogP contribution is -2.48. The van der Waals surface area contributed by atoms with E-state index in [1.54, 1.807) is 48.2 Å². The molecule has 1 fully saturated rings. The van der Waals surface area contributed by atoms with Gasteiger partial charge in [0, 0.05) is 30.1 Å². The zero-order valence-electron chi connectivity index (χ0n) is 13.6. The molecule has 1 aliphatic heterocycles. The van der Waals surface area contributed by atoms with Gasteiger partial charge in [-0.2, -0.15) is 4.98 Å². The molecular formula is C19H16FN3O2. The fraction of sp³-hybridized carbons (Fsp3) is 0.211. The molecule has 3 aromatic rings. The van der Waals surface area contributed by atoms with E-state index in [2.05, 4.69) is 10.1 Å². The number of carbonyl (C=O) groups excluding carboxylic acids is 1. The number of hydrogen-bond donors (Lipinski definition) is 0. The summed E-state index contributed by atoms with van der Waals surface area (Å²) in [4.78, 5) is 18.4. The van der Waals surface area contributed by atoms with Crippen molar-refractivity contribution in [1.82, 2.24) is 15.0 Å². The highest BCUT2D eigenvalue weighted by molar-refractivity contribution is 5.95. The molecule has 25 heavy (non-hydrogen) atoms. The second-order valence-electron chi connectivity index (χ2n) is 6.15. The summed E-state index contributed by atoms with van der Waals surface area (Å²) >= 11 is 0. The minimum atomic E-state index is -0.209. The minimum absolute atomic E-state index is 0.0548. The van der Waals surface area contributed by atoms with E-state index in [-0.39, 0.29) is 17.6 Å². The number of carbonyl (C=O) groups is 1. The van der Waals surface area contributed by atoms with Gasteiger partial charge in [0.2, 0.25) is 0 Å². The van der Waals surface area contributed by atoms with Crippen molar-refractivity contribution in [3.8, 4) is 11.5 Å². The predicted octanol–water partition coefficient (Wildman–Crippen LogP) is 3.42. The van der Waals surface area contributed by atoms with E-state index in [4.69, 9.17) is 4.52 Å². The molecule has 1 aromatic heterocycles. The quantitative estimate of drug-likeness (QED) is 0.735. The standard InChI is InChI=1S/C19H16FN3O2/c1-12-21-18(25-22-12)13-6-8-14(9-7-13)19(24)23-10-15(11-23)16-4-2-3-5-17(16)20/h2-9,15H,10-11H2,1H3. The highest BCUT2D eigenvalue weighted by Crippen LogP contribution is 2.30. The smallest absolute Gasteiger partial charge is 0.257 e. The SMILES string of the molecule is Cc1noc(-c2ccc(C(=O)N3CC(c4ccccc4F)C3)cc2)n1. The molecule has 0 atom stereocenters. The van der Waals surface area contributed by atoms with Gasteiger partial charge < -0.3 is 9.42 Å². The molecule has 0 spiro atoms. The van der Waals surface area contributed by atoms with Crippen LogP contribution in [-0.2, 0) is 0 Å². The third kappa shape index (κ3) is 2.91. The van der Waals surface area contributed by atoms with Gasteiger partial charge in [0.25, 0.3) is 11.8 Å². The van der Waals surface area contributed by atoms with Crippen molar-refractivity contribution >= 4 is 5.91 Å². The molecule has 2 aromatic carbocycles. The summed E-state index contributed by atoms with van der Waals surface area (Å²) in [6.07, 6.45) is 0. The van der Waals surface area contributed by atoms with Crippen LogP contribution < -0.4 is 0 Å². The number of halogens is 1. The summed E-state index contributed by atoms with van der Waals surface area (Å²) in [5.74, 6) is 0.792. The molecule has 4 rings (SSSR count). The molecule has 0 saturated carbocycles. The average Bonchev–Trinajstić information content (AvgIpc) is 3.02. The third-order valence-corrected chi connectivity index (χ3v) is 4.42. The van der Waals surface area contributed by atoms with E-state index in [1.165, 1.54) is 6.07 Å². The first-order chi connectivity index (χ1) is 12.1. The van der Waals surface area contributed by atoms with Gasteiger partial charge in [0.1, 0.15) is 5.82 Å². The van der Waals surface area contributed by atoms with E-state index in [0.29, 0.717) is 35.9 Å². The highest BCUT2D eigenvalue weighted by atomic mass is 19.1. The molecular weight excluding hydrogens is 321 g/mol. The number of hydrogen-bond acceptors (Lipinski definition) is 4. The Hall–Kier alpha value is -3.02. The van der Waals surface area contributed by atoms with Crippen molar-refractivity contribution < 1.29 is 13.7 Å². The number of amides is 1. The molecule has 2 heterocycles. The van der Waals surface area contributed by atoms with Crippen LogP contribution in [-0.4, -0.2) is 34.0 Å². The van der Waals surface area contributed by atoms with Crippen LogP contribution in [0.15, 0.2) is 53.1 Å². The van der Waals surface area contributed by atoms with Crippen LogP contribution in [0.4, 0.5) is 4.39 Å². The molecule has 0 radical (unpaired) electrons. The van der Waals surface area contributed by atoms with E-state index < -0.39 is 0 Å². The van der Waals surface area contributed by atoms with Crippen molar-refractivity contribution in [3.63, 3.8) is 0 Å². The van der Waals surface area contributed by atoms with Crippen LogP contribution in [0.3, 0.4) is 0 Å². The van der Waals surface area contributed by atoms with E-state index >= 15 is 0 Å². The van der Waals surface area contributed by atoms with Crippen LogP contribution in [0.2, 0.25) is 0 Å². The predicted molar refractivity (Wildman–Crippen MR) is 89.5 cm³/mol. The summed E-state index contributed by atoms with van der Waals surface area (Å²) in [6.45, 7) is 2.81. The third-order valence-electron chi connectivity index (χ3n) is 4.42. The lowest BCUT2D eigenvalue weighted by molar-refractivity contribution is 0.0599. The summed E-state index contributed by atoms with van der Waals surface area (Å²) in [5.41, 5.74) is 2.03. The zero-order chi connectivity index (χ0) is 17.4. The molecule has 1 saturated heterocycles. The number of likely N-dealkylation sites (tertiary alicyclic amines) is 1. The Morgan fingerprint density at radius 3 is 2.52 bits per heavy atom. The van der Waals surface area contributed by atoms with E-state index in [0.717, 1.165) is 5.56 Å². The van der Waals surface area contributed by atoms with Crippen LogP contribution in [0, 0.1) is 12.7 Å². The van der Waals surface area contributed by atoms with Gasteiger partial charge in [0.15, 0.2) is 5.82 Å². The summed E-state index contributed by atoms with van der Waals surface area (Å²) in [6, 6.07) is 13.8. The zero-order valence-corrected chi connectivity index (χ0v) is 13.6. The van der Waals surface area contributed by atoms with Gasteiger partial charge in [-0.1, -0.05) is 23.4 Å². The van der Waals surface area contributed by atoms with Gasteiger partial charge in [-0.15, -0.1) is 0 Å². The van der Waals surface area contributed by atoms with Gasteiger partial charge >= 0.3 is 0 Å². The molecule has 5 nitrogen and oxygen atoms in total. The van der Waals surface area contributed by atoms with Crippen molar-refractivity contribution in [2.75, 3.05) is 13.1 Å². The van der Waals surface area contributed by atoms with E-state index in [9.17, 15) is 9.18 Å². The first-order valence-electron chi connectivity index (χ1n) is 8.06. The van der Waals surface area contributed by atoms with Gasteiger partial charge in [0.05, 0.1) is 0 Å². The lowest BCUT2D eigenvalue weighted by Gasteiger charge is -2.39. The molecule has 0 bridgehead atoms. The van der Waals surface area contributed by atoms with Gasteiger partial charge in [-0.25, -0.2) is 4.39 Å². The molecule has 0 aliphatic carbocycles. The Kier molecular flexibility index (Phi) is 3.80. The topological polar surface area (TPSA) is 59.2 Å². The van der Waals surface area contributed by atoms with Gasteiger partial charge in [-0.05, 0) is 42.8 Å². The number of nitrogens with zero attached hydrogens (tertiary/aromatic N) is 3. The second kappa shape index (κ2) is 6.12. The Bertz CT molecular complexity index is 914. The minimum Gasteiger partial charge on any atom is -0.337 e. The average molecular weight is 337 g/mol. The second-order valence-corrected chi connectivity index (χ2v) is 6.15. The molecule has 1 aliphatic rings. The monoisotopic (exact) mass is 337 g/mol. The van der Waals surface area contributed by atoms with Crippen molar-refractivity contribution in [3.05, 3.63) is 71.3 Å². The van der Waals surface area contributed by atoms with E-state index in [1.807, 2.05) is 6.07 Å². The fourth-order valence-corrected chi connectivity index (χ4v) is 3.00. The van der Waals surface area contributed by atoms with Crippen LogP contribution in [0.1, 0.15) is 27.7 Å². The lowest BCUT2D eigenvalue weighted by atomic mass is 9.90. The summed E-state index contributed by atoms with van der Waals surface area (Å²) in [5, 5.41) is 3.75. The largest absolute Gasteiger partial charge is 0.337 e. The molecule has 126 valence electrons. The first kappa shape index (κ1) is 15.5. The maximum absolute atomic E-state index is 13.8. The molecule has 0 unspecified atom stereocenters. The first-order valence-corrected chi connectivity index (χ1v) is 8.06. The Labute approximate surface area is 144 Å². The van der Waals surface area contributed by atoms with Crippen molar-refractivity contribution in [2.45, 2.75) is 12.8 Å². The maximum Gasteiger partial charge on any atom is 0.257 e. The molecule has 1 amide bonds. The normalized spacial score (nSPS) is 14.4. The Balaban J connectivity index is 1.43. The van der Waals surface area contributed by atoms with Crippen molar-refractivity contribution in [2.24, 2.45) is 0 Å². The Morgan fingerprint density at radius 1 is 1.16 bits per heavy atom. The highest BCUT2D eigenvalue weighted by Gasteiger charge is 2.33. The summed E-state index contributed by atoms with van der Waals surface area (Å²) < 4.78 is 18.9. The number of benzene rings is 2.